The minimum absolute atomic E-state index is 0.0103. The first-order chi connectivity index (χ1) is 16.5. The molecule has 1 aromatic carbocycles. The standard InChI is InChI=1S/C16H15BrF5NO3S.C5H6N2O2/c17-10-2-4-13(12(6-10)16(20,21)22)27(25,26)11-3-1-9(5-11)14(24)23-7-15(18,19)8-23;6-3-5(1-2-5)7-4(8)9/h2,4,6,9,11H,1,3,5,7-8H2;7H,1-2H2,(H,8,9)/t9-,11-;/m1./s1. The number of nitrogens with zero attached hydrogens (tertiary/aromatic N) is 2. The maximum absolute atomic E-state index is 13.3. The Kier molecular flexibility index (Phi) is 7.63. The summed E-state index contributed by atoms with van der Waals surface area (Å²) in [5.41, 5.74) is -2.00. The molecule has 3 fully saturated rings. The van der Waals surface area contributed by atoms with Crippen molar-refractivity contribution >= 4 is 37.8 Å². The summed E-state index contributed by atoms with van der Waals surface area (Å²) in [6.07, 6.45) is -4.70. The first kappa shape index (κ1) is 28.1. The van der Waals surface area contributed by atoms with Gasteiger partial charge >= 0.3 is 12.3 Å². The molecular weight excluding hydrogens is 581 g/mol. The van der Waals surface area contributed by atoms with Gasteiger partial charge in [-0.2, -0.15) is 18.4 Å². The monoisotopic (exact) mass is 601 g/mol. The van der Waals surface area contributed by atoms with Gasteiger partial charge in [0.05, 0.1) is 34.9 Å². The van der Waals surface area contributed by atoms with Crippen LogP contribution in [0.15, 0.2) is 27.6 Å². The fraction of sp³-hybridized carbons (Fsp3) is 0.571. The van der Waals surface area contributed by atoms with E-state index < -0.39 is 74.2 Å². The number of hydrogen-bond donors (Lipinski definition) is 2. The van der Waals surface area contributed by atoms with E-state index in [1.165, 1.54) is 6.07 Å². The number of carbonyl (C=O) groups excluding carboxylic acids is 1. The van der Waals surface area contributed by atoms with Gasteiger partial charge in [0.1, 0.15) is 5.54 Å². The largest absolute Gasteiger partial charge is 0.465 e. The second kappa shape index (κ2) is 9.77. The molecule has 1 aromatic rings. The molecule has 15 heteroatoms. The number of amides is 2. The van der Waals surface area contributed by atoms with E-state index in [0.717, 1.165) is 11.0 Å². The first-order valence-electron chi connectivity index (χ1n) is 10.7. The molecule has 2 saturated carbocycles. The Morgan fingerprint density at radius 1 is 1.19 bits per heavy atom. The van der Waals surface area contributed by atoms with E-state index in [1.807, 2.05) is 6.07 Å². The van der Waals surface area contributed by atoms with Crippen molar-refractivity contribution in [1.82, 2.24) is 10.2 Å². The molecule has 198 valence electrons. The van der Waals surface area contributed by atoms with Crippen molar-refractivity contribution in [2.24, 2.45) is 5.92 Å². The SMILES string of the molecule is N#CC1(NC(=O)O)CC1.O=C([C@@H]1CC[C@@H](S(=O)(=O)c2ccc(Br)cc2C(F)(F)F)C1)N1CC(F)(F)C1. The van der Waals surface area contributed by atoms with Crippen LogP contribution in [0.5, 0.6) is 0 Å². The van der Waals surface area contributed by atoms with Crippen LogP contribution in [0, 0.1) is 17.2 Å². The number of nitriles is 1. The number of carbonyl (C=O) groups is 2. The van der Waals surface area contributed by atoms with Crippen LogP contribution < -0.4 is 5.32 Å². The van der Waals surface area contributed by atoms with E-state index in [0.29, 0.717) is 18.9 Å². The fourth-order valence-corrected chi connectivity index (χ4v) is 6.51. The molecule has 0 aromatic heterocycles. The zero-order valence-electron chi connectivity index (χ0n) is 18.5. The highest BCUT2D eigenvalue weighted by atomic mass is 79.9. The zero-order chi connectivity index (χ0) is 27.1. The maximum Gasteiger partial charge on any atom is 0.417 e. The topological polar surface area (TPSA) is 128 Å². The molecule has 1 heterocycles. The van der Waals surface area contributed by atoms with E-state index in [4.69, 9.17) is 10.4 Å². The van der Waals surface area contributed by atoms with Gasteiger partial charge in [0.25, 0.3) is 5.92 Å². The van der Waals surface area contributed by atoms with Gasteiger partial charge in [0.2, 0.25) is 5.91 Å². The molecule has 2 atom stereocenters. The van der Waals surface area contributed by atoms with Crippen LogP contribution in [0.3, 0.4) is 0 Å². The number of carboxylic acid groups (broad SMARTS) is 1. The van der Waals surface area contributed by atoms with E-state index in [9.17, 15) is 40.0 Å². The van der Waals surface area contributed by atoms with E-state index >= 15 is 0 Å². The molecule has 1 aliphatic heterocycles. The molecule has 0 bridgehead atoms. The molecule has 2 amide bonds. The highest BCUT2D eigenvalue weighted by Gasteiger charge is 2.50. The van der Waals surface area contributed by atoms with E-state index in [-0.39, 0.29) is 23.7 Å². The lowest BCUT2D eigenvalue weighted by Gasteiger charge is -2.40. The summed E-state index contributed by atoms with van der Waals surface area (Å²) >= 11 is 2.90. The molecule has 8 nitrogen and oxygen atoms in total. The van der Waals surface area contributed by atoms with Crippen molar-refractivity contribution < 1.29 is 45.1 Å². The first-order valence-corrected chi connectivity index (χ1v) is 13.0. The number of benzene rings is 1. The van der Waals surface area contributed by atoms with Crippen LogP contribution in [-0.4, -0.2) is 60.2 Å². The third-order valence-corrected chi connectivity index (χ3v) is 8.96. The molecule has 1 saturated heterocycles. The van der Waals surface area contributed by atoms with Crippen LogP contribution in [0.25, 0.3) is 0 Å². The van der Waals surface area contributed by atoms with E-state index in [2.05, 4.69) is 21.2 Å². The Bertz CT molecular complexity index is 1190. The van der Waals surface area contributed by atoms with Crippen LogP contribution in [0.2, 0.25) is 0 Å². The summed E-state index contributed by atoms with van der Waals surface area (Å²) in [7, 11) is -4.33. The normalized spacial score (nSPS) is 24.0. The number of alkyl halides is 5. The molecule has 0 spiro atoms. The molecule has 3 aliphatic rings. The van der Waals surface area contributed by atoms with Gasteiger partial charge in [0.15, 0.2) is 9.84 Å². The van der Waals surface area contributed by atoms with Gasteiger partial charge < -0.3 is 15.3 Å². The molecule has 0 unspecified atom stereocenters. The van der Waals surface area contributed by atoms with Crippen LogP contribution >= 0.6 is 15.9 Å². The van der Waals surface area contributed by atoms with Crippen molar-refractivity contribution in [1.29, 1.82) is 5.26 Å². The number of rotatable bonds is 4. The Hall–Kier alpha value is -2.47. The Morgan fingerprint density at radius 2 is 1.81 bits per heavy atom. The minimum atomic E-state index is -4.86. The Balaban J connectivity index is 0.000000338. The van der Waals surface area contributed by atoms with Gasteiger partial charge in [-0.05, 0) is 50.3 Å². The average Bonchev–Trinajstić information content (AvgIpc) is 3.32. The second-order valence-corrected chi connectivity index (χ2v) is 12.1. The second-order valence-electron chi connectivity index (χ2n) is 8.99. The Morgan fingerprint density at radius 3 is 2.25 bits per heavy atom. The van der Waals surface area contributed by atoms with Crippen molar-refractivity contribution in [3.63, 3.8) is 0 Å². The van der Waals surface area contributed by atoms with E-state index in [1.54, 1.807) is 0 Å². The lowest BCUT2D eigenvalue weighted by atomic mass is 10.0. The summed E-state index contributed by atoms with van der Waals surface area (Å²) in [5, 5.41) is 17.5. The predicted molar refractivity (Wildman–Crippen MR) is 118 cm³/mol. The lowest BCUT2D eigenvalue weighted by molar-refractivity contribution is -0.169. The van der Waals surface area contributed by atoms with Crippen molar-refractivity contribution in [3.8, 4) is 6.07 Å². The third-order valence-electron chi connectivity index (χ3n) is 6.19. The van der Waals surface area contributed by atoms with Gasteiger partial charge in [-0.15, -0.1) is 0 Å². The number of halogens is 6. The van der Waals surface area contributed by atoms with Gasteiger partial charge in [0, 0.05) is 10.4 Å². The average molecular weight is 602 g/mol. The minimum Gasteiger partial charge on any atom is -0.465 e. The third kappa shape index (κ3) is 6.26. The van der Waals surface area contributed by atoms with Gasteiger partial charge in [-0.25, -0.2) is 22.0 Å². The molecule has 36 heavy (non-hydrogen) atoms. The summed E-state index contributed by atoms with van der Waals surface area (Å²) in [6.45, 7) is -1.41. The molecule has 4 rings (SSSR count). The maximum atomic E-state index is 13.3. The van der Waals surface area contributed by atoms with Crippen molar-refractivity contribution in [2.45, 2.75) is 59.9 Å². The van der Waals surface area contributed by atoms with Gasteiger partial charge in [-0.3, -0.25) is 4.79 Å². The molecule has 0 radical (unpaired) electrons. The smallest absolute Gasteiger partial charge is 0.417 e. The quantitative estimate of drug-likeness (QED) is 0.498. The van der Waals surface area contributed by atoms with Crippen LogP contribution in [-0.2, 0) is 20.8 Å². The fourth-order valence-electron chi connectivity index (χ4n) is 4.12. The van der Waals surface area contributed by atoms with Gasteiger partial charge in [-0.1, -0.05) is 15.9 Å². The summed E-state index contributed by atoms with van der Waals surface area (Å²) in [5.74, 6) is -4.27. The number of likely N-dealkylation sites (tertiary alicyclic amines) is 1. The van der Waals surface area contributed by atoms with Crippen molar-refractivity contribution in [3.05, 3.63) is 28.2 Å². The summed E-state index contributed by atoms with van der Waals surface area (Å²) in [4.78, 5) is 22.3. The number of nitrogens with one attached hydrogen (secondary N) is 1. The summed E-state index contributed by atoms with van der Waals surface area (Å²) in [6, 6.07) is 4.70. The molecule has 2 aliphatic carbocycles. The lowest BCUT2D eigenvalue weighted by Crippen LogP contribution is -2.59. The van der Waals surface area contributed by atoms with Crippen LogP contribution in [0.4, 0.5) is 26.7 Å². The Labute approximate surface area is 211 Å². The number of sulfone groups is 1. The molecular formula is C21H21BrF5N3O5S. The number of hydrogen-bond acceptors (Lipinski definition) is 5. The van der Waals surface area contributed by atoms with Crippen LogP contribution in [0.1, 0.15) is 37.7 Å². The summed E-state index contributed by atoms with van der Waals surface area (Å²) < 4.78 is 91.3. The van der Waals surface area contributed by atoms with Crippen molar-refractivity contribution in [2.75, 3.05) is 13.1 Å². The molecule has 2 N–H and O–H groups in total. The highest BCUT2D eigenvalue weighted by molar-refractivity contribution is 9.10. The highest BCUT2D eigenvalue weighted by Crippen LogP contribution is 2.42. The zero-order valence-corrected chi connectivity index (χ0v) is 20.9. The predicted octanol–water partition coefficient (Wildman–Crippen LogP) is 4.20.